The first-order chi connectivity index (χ1) is 9.13. The zero-order chi connectivity index (χ0) is 13.8. The predicted molar refractivity (Wildman–Crippen MR) is 75.8 cm³/mol. The highest BCUT2D eigenvalue weighted by atomic mass is 32.1. The summed E-state index contributed by atoms with van der Waals surface area (Å²) in [5.74, 6) is -0.904. The van der Waals surface area contributed by atoms with Crippen LogP contribution in [-0.2, 0) is 13.0 Å². The van der Waals surface area contributed by atoms with Crippen LogP contribution in [0.3, 0.4) is 0 Å². The highest BCUT2D eigenvalue weighted by Gasteiger charge is 2.21. The second kappa shape index (κ2) is 6.45. The lowest BCUT2D eigenvalue weighted by molar-refractivity contribution is 0.0687. The second-order valence-electron chi connectivity index (χ2n) is 4.75. The molecule has 106 valence electrons. The van der Waals surface area contributed by atoms with Gasteiger partial charge >= 0.3 is 5.97 Å². The van der Waals surface area contributed by atoms with Crippen molar-refractivity contribution in [3.63, 3.8) is 0 Å². The Kier molecular flexibility index (Phi) is 4.90. The number of carboxylic acid groups (broad SMARTS) is 1. The average molecular weight is 283 g/mol. The summed E-state index contributed by atoms with van der Waals surface area (Å²) in [7, 11) is 0. The summed E-state index contributed by atoms with van der Waals surface area (Å²) in [4.78, 5) is 21.1. The molecule has 0 unspecified atom stereocenters. The molecule has 6 heteroatoms. The third-order valence-electron chi connectivity index (χ3n) is 3.53. The van der Waals surface area contributed by atoms with Crippen molar-refractivity contribution in [1.29, 1.82) is 0 Å². The number of piperazine rings is 1. The summed E-state index contributed by atoms with van der Waals surface area (Å²) >= 11 is 1.54. The molecule has 1 N–H and O–H groups in total. The normalized spacial score (nSPS) is 17.8. The van der Waals surface area contributed by atoms with Crippen LogP contribution in [0, 0.1) is 0 Å². The van der Waals surface area contributed by atoms with E-state index in [1.165, 1.54) is 0 Å². The van der Waals surface area contributed by atoms with E-state index in [2.05, 4.69) is 21.7 Å². The number of aryl methyl sites for hydroxylation is 1. The minimum Gasteiger partial charge on any atom is -0.476 e. The molecule has 1 aliphatic heterocycles. The number of carbonyl (C=O) groups is 1. The van der Waals surface area contributed by atoms with Crippen LogP contribution in [0.4, 0.5) is 0 Å². The number of likely N-dealkylation sites (N-methyl/N-ethyl adjacent to an activating group) is 1. The Bertz CT molecular complexity index is 439. The van der Waals surface area contributed by atoms with Crippen LogP contribution in [0.15, 0.2) is 0 Å². The Hall–Kier alpha value is -0.980. The Morgan fingerprint density at radius 1 is 1.26 bits per heavy atom. The van der Waals surface area contributed by atoms with Gasteiger partial charge in [-0.25, -0.2) is 9.78 Å². The lowest BCUT2D eigenvalue weighted by Gasteiger charge is -2.33. The predicted octanol–water partition coefficient (Wildman–Crippen LogP) is 1.54. The van der Waals surface area contributed by atoms with Gasteiger partial charge in [0.2, 0.25) is 0 Å². The molecule has 0 atom stereocenters. The van der Waals surface area contributed by atoms with E-state index in [4.69, 9.17) is 0 Å². The van der Waals surface area contributed by atoms with E-state index in [1.54, 1.807) is 11.3 Å². The minimum atomic E-state index is -0.904. The average Bonchev–Trinajstić information content (AvgIpc) is 2.83. The maximum absolute atomic E-state index is 11.2. The second-order valence-corrected chi connectivity index (χ2v) is 5.92. The topological polar surface area (TPSA) is 56.7 Å². The molecule has 0 aromatic carbocycles. The van der Waals surface area contributed by atoms with Crippen molar-refractivity contribution in [2.45, 2.75) is 26.8 Å². The first-order valence-corrected chi connectivity index (χ1v) is 7.62. The summed E-state index contributed by atoms with van der Waals surface area (Å²) in [6.45, 7) is 10.1. The van der Waals surface area contributed by atoms with Crippen molar-refractivity contribution in [2.75, 3.05) is 32.7 Å². The summed E-state index contributed by atoms with van der Waals surface area (Å²) in [5.41, 5.74) is 0.250. The third kappa shape index (κ3) is 3.52. The number of rotatable bonds is 5. The fourth-order valence-corrected chi connectivity index (χ4v) is 3.34. The monoisotopic (exact) mass is 283 g/mol. The van der Waals surface area contributed by atoms with Crippen LogP contribution in [0.2, 0.25) is 0 Å². The molecule has 0 saturated carbocycles. The van der Waals surface area contributed by atoms with E-state index in [1.807, 2.05) is 6.92 Å². The van der Waals surface area contributed by atoms with Crippen molar-refractivity contribution in [3.8, 4) is 0 Å². The third-order valence-corrected chi connectivity index (χ3v) is 4.71. The lowest BCUT2D eigenvalue weighted by atomic mass is 10.3. The maximum atomic E-state index is 11.2. The maximum Gasteiger partial charge on any atom is 0.355 e. The van der Waals surface area contributed by atoms with Crippen molar-refractivity contribution < 1.29 is 9.90 Å². The molecule has 1 aromatic heterocycles. The Balaban J connectivity index is 2.02. The Morgan fingerprint density at radius 2 is 1.89 bits per heavy atom. The molecule has 1 aliphatic rings. The van der Waals surface area contributed by atoms with Gasteiger partial charge in [0.05, 0.1) is 9.88 Å². The van der Waals surface area contributed by atoms with Gasteiger partial charge in [0, 0.05) is 32.7 Å². The molecule has 0 bridgehead atoms. The van der Waals surface area contributed by atoms with E-state index in [9.17, 15) is 9.90 Å². The van der Waals surface area contributed by atoms with Crippen LogP contribution in [0.5, 0.6) is 0 Å². The van der Waals surface area contributed by atoms with Crippen molar-refractivity contribution in [1.82, 2.24) is 14.8 Å². The van der Waals surface area contributed by atoms with Crippen molar-refractivity contribution in [2.24, 2.45) is 0 Å². The zero-order valence-electron chi connectivity index (χ0n) is 11.6. The quantitative estimate of drug-likeness (QED) is 0.888. The molecule has 2 rings (SSSR count). The Labute approximate surface area is 117 Å². The van der Waals surface area contributed by atoms with Gasteiger partial charge in [0.15, 0.2) is 5.69 Å². The van der Waals surface area contributed by atoms with Gasteiger partial charge in [0.25, 0.3) is 0 Å². The van der Waals surface area contributed by atoms with Gasteiger partial charge in [-0.15, -0.1) is 11.3 Å². The molecular formula is C13H21N3O2S. The number of carboxylic acids is 1. The first kappa shape index (κ1) is 14.4. The van der Waals surface area contributed by atoms with E-state index in [0.29, 0.717) is 0 Å². The van der Waals surface area contributed by atoms with Gasteiger partial charge in [-0.1, -0.05) is 13.8 Å². The molecule has 2 heterocycles. The molecule has 1 saturated heterocycles. The lowest BCUT2D eigenvalue weighted by Crippen LogP contribution is -2.45. The summed E-state index contributed by atoms with van der Waals surface area (Å²) in [6.07, 6.45) is 0.800. The molecule has 0 radical (unpaired) electrons. The van der Waals surface area contributed by atoms with Crippen molar-refractivity contribution >= 4 is 17.3 Å². The molecule has 0 aliphatic carbocycles. The molecule has 0 amide bonds. The number of hydrogen-bond acceptors (Lipinski definition) is 5. The molecule has 5 nitrogen and oxygen atoms in total. The largest absolute Gasteiger partial charge is 0.476 e. The van der Waals surface area contributed by atoms with Crippen LogP contribution < -0.4 is 0 Å². The van der Waals surface area contributed by atoms with Gasteiger partial charge in [-0.05, 0) is 13.0 Å². The highest BCUT2D eigenvalue weighted by Crippen LogP contribution is 2.21. The fraction of sp³-hybridized carbons (Fsp3) is 0.692. The van der Waals surface area contributed by atoms with Crippen molar-refractivity contribution in [3.05, 3.63) is 15.6 Å². The van der Waals surface area contributed by atoms with Crippen LogP contribution >= 0.6 is 11.3 Å². The van der Waals surface area contributed by atoms with Gasteiger partial charge in [0.1, 0.15) is 0 Å². The van der Waals surface area contributed by atoms with E-state index in [-0.39, 0.29) is 5.69 Å². The number of nitrogens with zero attached hydrogens (tertiary/aromatic N) is 3. The number of hydrogen-bond donors (Lipinski definition) is 1. The van der Waals surface area contributed by atoms with E-state index < -0.39 is 5.97 Å². The number of aromatic carboxylic acids is 1. The molecule has 1 fully saturated rings. The molecular weight excluding hydrogens is 262 g/mol. The van der Waals surface area contributed by atoms with Gasteiger partial charge in [-0.3, -0.25) is 4.90 Å². The number of thiazole rings is 1. The molecule has 0 spiro atoms. The summed E-state index contributed by atoms with van der Waals surface area (Å²) in [5, 5.41) is 10.1. The number of aromatic nitrogens is 1. The Morgan fingerprint density at radius 3 is 2.42 bits per heavy atom. The van der Waals surface area contributed by atoms with Crippen LogP contribution in [0.25, 0.3) is 0 Å². The molecule has 1 aromatic rings. The van der Waals surface area contributed by atoms with E-state index in [0.717, 1.165) is 55.6 Å². The minimum absolute atomic E-state index is 0.250. The standard InChI is InChI=1S/C13H21N3O2S/c1-3-11-14-12(13(17)18)10(19-11)9-16-7-5-15(4-2)6-8-16/h3-9H2,1-2H3,(H,17,18). The van der Waals surface area contributed by atoms with Crippen LogP contribution in [-0.4, -0.2) is 58.6 Å². The summed E-state index contributed by atoms with van der Waals surface area (Å²) < 4.78 is 0. The van der Waals surface area contributed by atoms with Gasteiger partial charge < -0.3 is 10.0 Å². The fourth-order valence-electron chi connectivity index (χ4n) is 2.29. The first-order valence-electron chi connectivity index (χ1n) is 6.80. The SMILES string of the molecule is CCc1nc(C(=O)O)c(CN2CCN(CC)CC2)s1. The highest BCUT2D eigenvalue weighted by molar-refractivity contribution is 7.11. The van der Waals surface area contributed by atoms with Crippen LogP contribution in [0.1, 0.15) is 34.2 Å². The smallest absolute Gasteiger partial charge is 0.355 e. The molecule has 19 heavy (non-hydrogen) atoms. The van der Waals surface area contributed by atoms with E-state index >= 15 is 0 Å². The van der Waals surface area contributed by atoms with Gasteiger partial charge in [-0.2, -0.15) is 0 Å². The summed E-state index contributed by atoms with van der Waals surface area (Å²) in [6, 6.07) is 0. The zero-order valence-corrected chi connectivity index (χ0v) is 12.4.